The molecule has 12 heteroatoms. The summed E-state index contributed by atoms with van der Waals surface area (Å²) >= 11 is 0. The summed E-state index contributed by atoms with van der Waals surface area (Å²) in [5, 5.41) is 9.18. The van der Waals surface area contributed by atoms with E-state index in [0.717, 1.165) is 0 Å². The Morgan fingerprint density at radius 3 is 1.72 bits per heavy atom. The molecule has 1 aromatic carbocycles. The fraction of sp³-hybridized carbons (Fsp3) is 0. The Labute approximate surface area is 189 Å². The summed E-state index contributed by atoms with van der Waals surface area (Å²) < 4.78 is 60.2. The molecule has 5 N–H and O–H groups in total. The maximum atomic E-state index is 10.7. The molecule has 0 aliphatic heterocycles. The molecule has 0 atom stereocenters. The van der Waals surface area contributed by atoms with Crippen LogP contribution in [0.1, 0.15) is 0 Å². The second-order valence-corrected chi connectivity index (χ2v) is 5.62. The Balaban J connectivity index is 0. The van der Waals surface area contributed by atoms with Gasteiger partial charge in [-0.15, -0.1) is 0 Å². The number of nitrogens with two attached hydrogens (primary N) is 1. The largest absolute Gasteiger partial charge is 0.504 e. The van der Waals surface area contributed by atoms with Gasteiger partial charge in [0.05, 0.1) is 10.6 Å². The molecular formula is C6H7K2NO7S2. The summed E-state index contributed by atoms with van der Waals surface area (Å²) in [5.74, 6) is -0.991. The van der Waals surface area contributed by atoms with Gasteiger partial charge in [-0.1, -0.05) is 0 Å². The second kappa shape index (κ2) is 7.79. The van der Waals surface area contributed by atoms with Gasteiger partial charge in [0.1, 0.15) is 4.90 Å². The van der Waals surface area contributed by atoms with Crippen LogP contribution in [0.3, 0.4) is 0 Å². The van der Waals surface area contributed by atoms with Crippen LogP contribution < -0.4 is 5.73 Å². The van der Waals surface area contributed by atoms with Gasteiger partial charge in [0, 0.05) is 103 Å². The zero-order valence-electron chi connectivity index (χ0n) is 9.52. The molecule has 0 bridgehead atoms. The van der Waals surface area contributed by atoms with Crippen molar-refractivity contribution in [2.24, 2.45) is 0 Å². The van der Waals surface area contributed by atoms with E-state index in [4.69, 9.17) is 14.8 Å². The molecule has 1 rings (SSSR count). The van der Waals surface area contributed by atoms with Crippen LogP contribution in [0.5, 0.6) is 5.75 Å². The van der Waals surface area contributed by atoms with E-state index in [1.807, 2.05) is 0 Å². The summed E-state index contributed by atoms with van der Waals surface area (Å²) in [4.78, 5) is -1.95. The summed E-state index contributed by atoms with van der Waals surface area (Å²) in [5.41, 5.74) is 4.51. The molecule has 1 aromatic rings. The molecule has 0 amide bonds. The van der Waals surface area contributed by atoms with Crippen molar-refractivity contribution < 1.29 is 31.0 Å². The van der Waals surface area contributed by atoms with E-state index < -0.39 is 41.5 Å². The van der Waals surface area contributed by atoms with Crippen molar-refractivity contribution >= 4 is 129 Å². The van der Waals surface area contributed by atoms with Gasteiger partial charge in [0.2, 0.25) is 0 Å². The first kappa shape index (κ1) is 22.2. The molecule has 0 aliphatic carbocycles. The van der Waals surface area contributed by atoms with Gasteiger partial charge in [-0.25, -0.2) is 0 Å². The van der Waals surface area contributed by atoms with E-state index in [1.54, 1.807) is 0 Å². The van der Waals surface area contributed by atoms with Crippen molar-refractivity contribution in [3.8, 4) is 5.75 Å². The van der Waals surface area contributed by atoms with E-state index in [0.29, 0.717) is 12.1 Å². The van der Waals surface area contributed by atoms with Crippen LogP contribution in [0.15, 0.2) is 21.9 Å². The molecule has 0 fully saturated rings. The molecule has 0 unspecified atom stereocenters. The normalized spacial score (nSPS) is 11.2. The van der Waals surface area contributed by atoms with Crippen LogP contribution in [0.25, 0.3) is 0 Å². The number of nitrogen functional groups attached to an aromatic ring is 1. The van der Waals surface area contributed by atoms with Crippen molar-refractivity contribution in [2.45, 2.75) is 9.79 Å². The van der Waals surface area contributed by atoms with E-state index in [2.05, 4.69) is 0 Å². The van der Waals surface area contributed by atoms with Crippen LogP contribution in [-0.4, -0.2) is 134 Å². The van der Waals surface area contributed by atoms with Gasteiger partial charge < -0.3 is 10.8 Å². The molecule has 0 aliphatic rings. The molecule has 0 spiro atoms. The first-order chi connectivity index (χ1) is 7.03. The van der Waals surface area contributed by atoms with Crippen LogP contribution in [0, 0.1) is 0 Å². The van der Waals surface area contributed by atoms with Crippen molar-refractivity contribution in [1.29, 1.82) is 0 Å². The van der Waals surface area contributed by atoms with Crippen LogP contribution in [0.2, 0.25) is 0 Å². The van der Waals surface area contributed by atoms with Crippen molar-refractivity contribution in [2.75, 3.05) is 5.73 Å². The maximum Gasteiger partial charge on any atom is 0.298 e. The first-order valence-electron chi connectivity index (χ1n) is 3.61. The molecule has 0 heterocycles. The van der Waals surface area contributed by atoms with Crippen molar-refractivity contribution in [3.05, 3.63) is 12.1 Å². The average molecular weight is 347 g/mol. The van der Waals surface area contributed by atoms with E-state index >= 15 is 0 Å². The molecule has 92 valence electrons. The number of phenolic OH excluding ortho intramolecular Hbond substituents is 1. The number of phenols is 1. The number of benzene rings is 1. The third-order valence-electron chi connectivity index (χ3n) is 1.65. The van der Waals surface area contributed by atoms with E-state index in [9.17, 15) is 21.9 Å². The fourth-order valence-electron chi connectivity index (χ4n) is 0.949. The number of anilines is 1. The number of hydrogen-bond acceptors (Lipinski definition) is 6. The third kappa shape index (κ3) is 5.73. The van der Waals surface area contributed by atoms with Gasteiger partial charge in [-0.2, -0.15) is 16.8 Å². The standard InChI is InChI=1S/C6H7NO7S2.2K/c7-4-1-3(15(9,10)11)2-5(6(4)8)16(12,13)14;;/h1-2,8H,7H2,(H,9,10,11)(H,12,13,14);;. The fourth-order valence-corrected chi connectivity index (χ4v) is 2.20. The van der Waals surface area contributed by atoms with Gasteiger partial charge in [-0.05, 0) is 12.1 Å². The third-order valence-corrected chi connectivity index (χ3v) is 3.35. The minimum absolute atomic E-state index is 0. The summed E-state index contributed by atoms with van der Waals surface area (Å²) in [6.45, 7) is 0. The first-order valence-corrected chi connectivity index (χ1v) is 6.49. The van der Waals surface area contributed by atoms with Crippen molar-refractivity contribution in [3.63, 3.8) is 0 Å². The van der Waals surface area contributed by atoms with Gasteiger partial charge in [-0.3, -0.25) is 9.11 Å². The summed E-state index contributed by atoms with van der Waals surface area (Å²) in [6, 6.07) is 1.04. The van der Waals surface area contributed by atoms with Gasteiger partial charge in [0.25, 0.3) is 20.2 Å². The summed E-state index contributed by atoms with van der Waals surface area (Å²) in [6.07, 6.45) is 0. The average Bonchev–Trinajstić information content (AvgIpc) is 2.05. The Kier molecular flexibility index (Phi) is 9.61. The molecule has 0 saturated heterocycles. The Hall–Kier alpha value is 1.91. The topological polar surface area (TPSA) is 155 Å². The van der Waals surface area contributed by atoms with Gasteiger partial charge in [0.15, 0.2) is 5.75 Å². The van der Waals surface area contributed by atoms with Crippen LogP contribution >= 0.6 is 0 Å². The molecular weight excluding hydrogens is 340 g/mol. The quantitative estimate of drug-likeness (QED) is 0.223. The zero-order chi connectivity index (χ0) is 12.7. The molecule has 0 aromatic heterocycles. The Morgan fingerprint density at radius 1 is 0.944 bits per heavy atom. The van der Waals surface area contributed by atoms with Gasteiger partial charge >= 0.3 is 0 Å². The number of rotatable bonds is 2. The SMILES string of the molecule is Nc1cc(S(=O)(=O)O)cc(S(=O)(=O)O)c1O.[K].[K]. The number of aromatic hydroxyl groups is 1. The Bertz CT molecular complexity index is 640. The summed E-state index contributed by atoms with van der Waals surface area (Å²) in [7, 11) is -9.54. The molecule has 2 radical (unpaired) electrons. The van der Waals surface area contributed by atoms with E-state index in [-0.39, 0.29) is 103 Å². The van der Waals surface area contributed by atoms with Crippen LogP contribution in [0.4, 0.5) is 5.69 Å². The second-order valence-electron chi connectivity index (χ2n) is 2.81. The maximum absolute atomic E-state index is 10.7. The smallest absolute Gasteiger partial charge is 0.298 e. The monoisotopic (exact) mass is 347 g/mol. The number of hydrogen-bond donors (Lipinski definition) is 4. The minimum atomic E-state index is -4.84. The predicted molar refractivity (Wildman–Crippen MR) is 63.7 cm³/mol. The predicted octanol–water partition coefficient (Wildman–Crippen LogP) is -1.29. The minimum Gasteiger partial charge on any atom is -0.504 e. The Morgan fingerprint density at radius 2 is 1.39 bits per heavy atom. The van der Waals surface area contributed by atoms with Crippen molar-refractivity contribution in [1.82, 2.24) is 0 Å². The molecule has 8 nitrogen and oxygen atoms in total. The molecule has 0 saturated carbocycles. The van der Waals surface area contributed by atoms with E-state index in [1.165, 1.54) is 0 Å². The van der Waals surface area contributed by atoms with Crippen LogP contribution in [-0.2, 0) is 20.2 Å². The zero-order valence-corrected chi connectivity index (χ0v) is 17.4. The molecule has 18 heavy (non-hydrogen) atoms.